The van der Waals surface area contributed by atoms with Crippen LogP contribution in [0.25, 0.3) is 11.7 Å². The van der Waals surface area contributed by atoms with Crippen molar-refractivity contribution in [3.8, 4) is 0 Å². The van der Waals surface area contributed by atoms with E-state index in [2.05, 4.69) is 20.9 Å². The molecule has 7 heteroatoms. The molecule has 0 aromatic carbocycles. The molecule has 0 saturated carbocycles. The number of carbonyl (C=O) groups is 1. The van der Waals surface area contributed by atoms with Gasteiger partial charge < -0.3 is 4.74 Å². The molecule has 0 saturated heterocycles. The minimum Gasteiger partial charge on any atom is -0.456 e. The molecular formula is C17H13BrN2O3S. The Bertz CT molecular complexity index is 991. The zero-order valence-electron chi connectivity index (χ0n) is 12.7. The summed E-state index contributed by atoms with van der Waals surface area (Å²) >= 11 is 4.88. The van der Waals surface area contributed by atoms with Crippen molar-refractivity contribution in [3.05, 3.63) is 72.9 Å². The number of halogens is 1. The van der Waals surface area contributed by atoms with Gasteiger partial charge in [0.1, 0.15) is 12.3 Å². The molecule has 0 N–H and O–H groups in total. The predicted octanol–water partition coefficient (Wildman–Crippen LogP) is 3.58. The molecule has 122 valence electrons. The van der Waals surface area contributed by atoms with E-state index in [-0.39, 0.29) is 12.2 Å². The van der Waals surface area contributed by atoms with Crippen LogP contribution in [-0.2, 0) is 16.1 Å². The van der Waals surface area contributed by atoms with Crippen molar-refractivity contribution in [3.63, 3.8) is 0 Å². The van der Waals surface area contributed by atoms with E-state index in [1.54, 1.807) is 12.1 Å². The van der Waals surface area contributed by atoms with Crippen molar-refractivity contribution in [2.24, 2.45) is 0 Å². The van der Waals surface area contributed by atoms with E-state index in [1.807, 2.05) is 31.2 Å². The lowest BCUT2D eigenvalue weighted by Gasteiger charge is -2.06. The van der Waals surface area contributed by atoms with Crippen molar-refractivity contribution in [1.82, 2.24) is 9.38 Å². The molecule has 0 radical (unpaired) electrons. The summed E-state index contributed by atoms with van der Waals surface area (Å²) < 4.78 is 7.65. The molecule has 24 heavy (non-hydrogen) atoms. The third-order valence-corrected chi connectivity index (χ3v) is 4.86. The van der Waals surface area contributed by atoms with Gasteiger partial charge in [-0.2, -0.15) is 0 Å². The topological polar surface area (TPSA) is 60.7 Å². The van der Waals surface area contributed by atoms with Crippen LogP contribution in [0.5, 0.6) is 0 Å². The van der Waals surface area contributed by atoms with Crippen LogP contribution < -0.4 is 5.56 Å². The molecule has 0 aliphatic carbocycles. The molecule has 3 heterocycles. The van der Waals surface area contributed by atoms with Crippen LogP contribution in [0.1, 0.15) is 16.3 Å². The van der Waals surface area contributed by atoms with Crippen molar-refractivity contribution >= 4 is 45.0 Å². The van der Waals surface area contributed by atoms with Crippen molar-refractivity contribution in [2.75, 3.05) is 0 Å². The molecule has 3 aromatic rings. The number of rotatable bonds is 4. The number of ether oxygens (including phenoxy) is 1. The van der Waals surface area contributed by atoms with Crippen LogP contribution >= 0.6 is 27.3 Å². The molecule has 0 spiro atoms. The quantitative estimate of drug-likeness (QED) is 0.492. The van der Waals surface area contributed by atoms with E-state index in [0.717, 1.165) is 14.4 Å². The molecule has 0 fully saturated rings. The van der Waals surface area contributed by atoms with Crippen molar-refractivity contribution in [2.45, 2.75) is 13.5 Å². The number of hydrogen-bond acceptors (Lipinski definition) is 5. The van der Waals surface area contributed by atoms with E-state index in [4.69, 9.17) is 4.74 Å². The summed E-state index contributed by atoms with van der Waals surface area (Å²) in [5, 5.41) is 0. The van der Waals surface area contributed by atoms with Crippen LogP contribution in [0, 0.1) is 6.92 Å². The van der Waals surface area contributed by atoms with Gasteiger partial charge in [0.25, 0.3) is 5.56 Å². The van der Waals surface area contributed by atoms with E-state index >= 15 is 0 Å². The highest BCUT2D eigenvalue weighted by molar-refractivity contribution is 9.11. The van der Waals surface area contributed by atoms with E-state index in [0.29, 0.717) is 11.3 Å². The fourth-order valence-electron chi connectivity index (χ4n) is 2.20. The molecule has 0 amide bonds. The fraction of sp³-hybridized carbons (Fsp3) is 0.118. The number of fused-ring (bicyclic) bond motifs is 1. The number of aromatic nitrogens is 2. The Labute approximate surface area is 150 Å². The second-order valence-electron chi connectivity index (χ2n) is 5.03. The summed E-state index contributed by atoms with van der Waals surface area (Å²) in [7, 11) is 0. The third kappa shape index (κ3) is 3.80. The Morgan fingerprint density at radius 3 is 2.96 bits per heavy atom. The number of esters is 1. The Balaban J connectivity index is 1.70. The maximum Gasteiger partial charge on any atom is 0.331 e. The van der Waals surface area contributed by atoms with Crippen LogP contribution in [-0.4, -0.2) is 15.4 Å². The lowest BCUT2D eigenvalue weighted by Crippen LogP contribution is -2.18. The second kappa shape index (κ2) is 7.11. The van der Waals surface area contributed by atoms with Gasteiger partial charge in [-0.1, -0.05) is 6.07 Å². The Kier molecular flexibility index (Phi) is 4.92. The molecule has 0 aliphatic heterocycles. The molecule has 3 aromatic heterocycles. The SMILES string of the molecule is Cc1cccc2nc(COC(=O)/C=C/c3ccc(Br)s3)cc(=O)n12. The van der Waals surface area contributed by atoms with Gasteiger partial charge in [-0.05, 0) is 53.2 Å². The highest BCUT2D eigenvalue weighted by Gasteiger charge is 2.06. The van der Waals surface area contributed by atoms with Gasteiger partial charge in [0.15, 0.2) is 0 Å². The molecule has 0 bridgehead atoms. The third-order valence-electron chi connectivity index (χ3n) is 3.27. The number of hydrogen-bond donors (Lipinski definition) is 0. The van der Waals surface area contributed by atoms with Gasteiger partial charge in [-0.25, -0.2) is 9.78 Å². The maximum atomic E-state index is 12.1. The van der Waals surface area contributed by atoms with Crippen LogP contribution in [0.4, 0.5) is 0 Å². The summed E-state index contributed by atoms with van der Waals surface area (Å²) in [5.41, 5.74) is 1.57. The minimum absolute atomic E-state index is 0.0447. The van der Waals surface area contributed by atoms with Gasteiger partial charge in [-0.15, -0.1) is 11.3 Å². The van der Waals surface area contributed by atoms with Gasteiger partial charge in [0.2, 0.25) is 0 Å². The van der Waals surface area contributed by atoms with Crippen LogP contribution in [0.3, 0.4) is 0 Å². The molecule has 3 rings (SSSR count). The summed E-state index contributed by atoms with van der Waals surface area (Å²) in [5.74, 6) is -0.481. The highest BCUT2D eigenvalue weighted by Crippen LogP contribution is 2.22. The smallest absolute Gasteiger partial charge is 0.331 e. The molecule has 0 atom stereocenters. The minimum atomic E-state index is -0.481. The van der Waals surface area contributed by atoms with Gasteiger partial charge >= 0.3 is 5.97 Å². The van der Waals surface area contributed by atoms with E-state index < -0.39 is 5.97 Å². The first-order valence-corrected chi connectivity index (χ1v) is 8.72. The summed E-state index contributed by atoms with van der Waals surface area (Å²) in [6.45, 7) is 1.79. The average molecular weight is 405 g/mol. The maximum absolute atomic E-state index is 12.1. The summed E-state index contributed by atoms with van der Waals surface area (Å²) in [4.78, 5) is 29.2. The van der Waals surface area contributed by atoms with Gasteiger partial charge in [0.05, 0.1) is 9.48 Å². The first-order chi connectivity index (χ1) is 11.5. The number of pyridine rings is 1. The van der Waals surface area contributed by atoms with Gasteiger partial charge in [0, 0.05) is 22.7 Å². The molecular weight excluding hydrogens is 392 g/mol. The Hall–Kier alpha value is -2.25. The number of carbonyl (C=O) groups excluding carboxylic acids is 1. The van der Waals surface area contributed by atoms with Crippen molar-refractivity contribution in [1.29, 1.82) is 0 Å². The molecule has 0 unspecified atom stereocenters. The first kappa shape index (κ1) is 16.6. The lowest BCUT2D eigenvalue weighted by molar-refractivity contribution is -0.139. The van der Waals surface area contributed by atoms with E-state index in [1.165, 1.54) is 27.9 Å². The van der Waals surface area contributed by atoms with Crippen LogP contribution in [0.15, 0.2) is 51.1 Å². The Morgan fingerprint density at radius 1 is 1.38 bits per heavy atom. The largest absolute Gasteiger partial charge is 0.456 e. The normalized spacial score (nSPS) is 11.2. The van der Waals surface area contributed by atoms with Crippen molar-refractivity contribution < 1.29 is 9.53 Å². The number of thiophene rings is 1. The fourth-order valence-corrected chi connectivity index (χ4v) is 3.53. The standard InChI is InChI=1S/C17H13BrN2O3S/c1-11-3-2-4-15-19-12(9-16(21)20(11)15)10-23-17(22)8-6-13-5-7-14(18)24-13/h2-9H,10H2,1H3/b8-6+. The monoisotopic (exact) mass is 404 g/mol. The lowest BCUT2D eigenvalue weighted by atomic mass is 10.3. The second-order valence-corrected chi connectivity index (χ2v) is 7.52. The highest BCUT2D eigenvalue weighted by atomic mass is 79.9. The first-order valence-electron chi connectivity index (χ1n) is 7.11. The van der Waals surface area contributed by atoms with Crippen LogP contribution in [0.2, 0.25) is 0 Å². The predicted molar refractivity (Wildman–Crippen MR) is 97.0 cm³/mol. The summed E-state index contributed by atoms with van der Waals surface area (Å²) in [6, 6.07) is 10.6. The average Bonchev–Trinajstić information content (AvgIpc) is 2.96. The number of nitrogens with zero attached hydrogens (tertiary/aromatic N) is 2. The van der Waals surface area contributed by atoms with E-state index in [9.17, 15) is 9.59 Å². The summed E-state index contributed by atoms with van der Waals surface area (Å²) in [6.07, 6.45) is 3.04. The Morgan fingerprint density at radius 2 is 2.21 bits per heavy atom. The number of aryl methyl sites for hydroxylation is 1. The molecule has 5 nitrogen and oxygen atoms in total. The van der Waals surface area contributed by atoms with Gasteiger partial charge in [-0.3, -0.25) is 9.20 Å². The zero-order chi connectivity index (χ0) is 17.1. The zero-order valence-corrected chi connectivity index (χ0v) is 15.1. The molecule has 0 aliphatic rings.